The zero-order valence-electron chi connectivity index (χ0n) is 18.6. The molecule has 0 spiro atoms. The fourth-order valence-electron chi connectivity index (χ4n) is 2.92. The summed E-state index contributed by atoms with van der Waals surface area (Å²) >= 11 is 5.45. The lowest BCUT2D eigenvalue weighted by atomic mass is 10.2. The summed E-state index contributed by atoms with van der Waals surface area (Å²) in [4.78, 5) is 3.24. The minimum absolute atomic E-state index is 0.244. The quantitative estimate of drug-likeness (QED) is 0.269. The summed E-state index contributed by atoms with van der Waals surface area (Å²) in [5.41, 5.74) is 2.47. The van der Waals surface area contributed by atoms with Crippen LogP contribution >= 0.6 is 12.2 Å². The number of methoxy groups -OCH3 is 2. The van der Waals surface area contributed by atoms with Gasteiger partial charge in [0.1, 0.15) is 11.5 Å². The van der Waals surface area contributed by atoms with E-state index in [2.05, 4.69) is 15.6 Å². The standard InChI is InChI=1S/C24H25N3O4S2/c1-17-4-14-22(15-5-17)33(28,29)16-25-23(18-6-10-20(30-2)11-7-18)27-24(32)26-19-8-12-21(31-3)13-9-19/h4-15H,16H2,1-3H3,(H2,25,26,27,32)/p+1. The zero-order valence-corrected chi connectivity index (χ0v) is 20.2. The van der Waals surface area contributed by atoms with Gasteiger partial charge in [0.2, 0.25) is 9.84 Å². The van der Waals surface area contributed by atoms with Crippen LogP contribution in [0.25, 0.3) is 0 Å². The third kappa shape index (κ3) is 6.77. The first kappa shape index (κ1) is 24.2. The molecule has 172 valence electrons. The van der Waals surface area contributed by atoms with E-state index in [1.807, 2.05) is 43.3 Å². The zero-order chi connectivity index (χ0) is 23.8. The number of benzene rings is 3. The summed E-state index contributed by atoms with van der Waals surface area (Å²) in [6, 6.07) is 21.2. The lowest BCUT2D eigenvalue weighted by Gasteiger charge is -2.09. The van der Waals surface area contributed by atoms with Gasteiger partial charge < -0.3 is 14.8 Å². The molecule has 0 aromatic heterocycles. The summed E-state index contributed by atoms with van der Waals surface area (Å²) < 4.78 is 36.0. The number of hydrogen-bond acceptors (Lipinski definition) is 5. The van der Waals surface area contributed by atoms with Gasteiger partial charge in [-0.05, 0) is 79.8 Å². The predicted octanol–water partition coefficient (Wildman–Crippen LogP) is 2.26. The molecule has 0 heterocycles. The molecule has 33 heavy (non-hydrogen) atoms. The van der Waals surface area contributed by atoms with Crippen LogP contribution in [-0.2, 0) is 9.84 Å². The average molecular weight is 485 g/mol. The topological polar surface area (TPSA) is 90.6 Å². The third-order valence-electron chi connectivity index (χ3n) is 4.78. The molecule has 0 amide bonds. The Morgan fingerprint density at radius 1 is 0.879 bits per heavy atom. The SMILES string of the molecule is COc1ccc(NC(=S)NC(=[NH+]CS(=O)(=O)c2ccc(C)cc2)c2ccc(OC)cc2)cc1. The van der Waals surface area contributed by atoms with Crippen LogP contribution in [0.1, 0.15) is 11.1 Å². The fourth-order valence-corrected chi connectivity index (χ4v) is 4.19. The van der Waals surface area contributed by atoms with E-state index in [1.165, 1.54) is 0 Å². The Bertz CT molecular complexity index is 1220. The summed E-state index contributed by atoms with van der Waals surface area (Å²) in [5, 5.41) is 6.45. The van der Waals surface area contributed by atoms with Crippen LogP contribution < -0.4 is 25.1 Å². The molecule has 7 nitrogen and oxygen atoms in total. The highest BCUT2D eigenvalue weighted by Gasteiger charge is 2.19. The maximum atomic E-state index is 12.8. The molecule has 0 bridgehead atoms. The Labute approximate surface area is 199 Å². The molecule has 0 fully saturated rings. The molecule has 0 aliphatic carbocycles. The lowest BCUT2D eigenvalue weighted by molar-refractivity contribution is -0.434. The van der Waals surface area contributed by atoms with E-state index in [-0.39, 0.29) is 10.8 Å². The van der Waals surface area contributed by atoms with Gasteiger partial charge in [0.15, 0.2) is 5.88 Å². The molecule has 0 aliphatic heterocycles. The molecular weight excluding hydrogens is 458 g/mol. The Kier molecular flexibility index (Phi) is 8.02. The van der Waals surface area contributed by atoms with Gasteiger partial charge in [-0.25, -0.2) is 13.7 Å². The van der Waals surface area contributed by atoms with Crippen LogP contribution in [0.15, 0.2) is 77.7 Å². The second-order valence-electron chi connectivity index (χ2n) is 7.16. The van der Waals surface area contributed by atoms with Crippen molar-refractivity contribution in [3.05, 3.63) is 83.9 Å². The van der Waals surface area contributed by atoms with Gasteiger partial charge in [-0.15, -0.1) is 0 Å². The Morgan fingerprint density at radius 2 is 1.42 bits per heavy atom. The molecule has 0 saturated heterocycles. The molecule has 0 radical (unpaired) electrons. The maximum Gasteiger partial charge on any atom is 0.282 e. The second kappa shape index (κ2) is 10.9. The van der Waals surface area contributed by atoms with E-state index in [9.17, 15) is 8.42 Å². The molecule has 3 aromatic rings. The monoisotopic (exact) mass is 484 g/mol. The lowest BCUT2D eigenvalue weighted by Crippen LogP contribution is -2.78. The number of hydrogen-bond donors (Lipinski definition) is 3. The first-order chi connectivity index (χ1) is 15.8. The average Bonchev–Trinajstić information content (AvgIpc) is 2.82. The number of amidine groups is 1. The van der Waals surface area contributed by atoms with Crippen LogP contribution in [0.5, 0.6) is 11.5 Å². The Balaban J connectivity index is 1.83. The maximum absolute atomic E-state index is 12.8. The summed E-state index contributed by atoms with van der Waals surface area (Å²) in [6.45, 7) is 1.91. The van der Waals surface area contributed by atoms with Crippen LogP contribution in [0, 0.1) is 6.92 Å². The van der Waals surface area contributed by atoms with Gasteiger partial charge in [0.25, 0.3) is 10.9 Å². The molecular formula is C24H26N3O4S2+. The molecule has 9 heteroatoms. The molecule has 0 atom stereocenters. The van der Waals surface area contributed by atoms with Gasteiger partial charge in [0, 0.05) is 5.69 Å². The number of nitrogens with one attached hydrogen (secondary N) is 3. The van der Waals surface area contributed by atoms with Crippen molar-refractivity contribution in [2.24, 2.45) is 0 Å². The molecule has 3 rings (SSSR count). The number of anilines is 1. The number of thiocarbonyl (C=S) groups is 1. The minimum Gasteiger partial charge on any atom is -0.497 e. The van der Waals surface area contributed by atoms with Crippen molar-refractivity contribution in [2.45, 2.75) is 11.8 Å². The van der Waals surface area contributed by atoms with Gasteiger partial charge in [-0.1, -0.05) is 17.7 Å². The van der Waals surface area contributed by atoms with Crippen LogP contribution in [0.3, 0.4) is 0 Å². The van der Waals surface area contributed by atoms with E-state index in [0.717, 1.165) is 17.0 Å². The van der Waals surface area contributed by atoms with Crippen molar-refractivity contribution in [1.82, 2.24) is 5.32 Å². The highest BCUT2D eigenvalue weighted by molar-refractivity contribution is 7.91. The minimum atomic E-state index is -3.57. The van der Waals surface area contributed by atoms with Gasteiger partial charge in [-0.2, -0.15) is 0 Å². The Hall–Kier alpha value is -3.43. The molecule has 0 saturated carbocycles. The van der Waals surface area contributed by atoms with Gasteiger partial charge in [-0.3, -0.25) is 4.99 Å². The fraction of sp³-hybridized carbons (Fsp3) is 0.167. The summed E-state index contributed by atoms with van der Waals surface area (Å²) in [6.07, 6.45) is 0. The smallest absolute Gasteiger partial charge is 0.282 e. The van der Waals surface area contributed by atoms with E-state index >= 15 is 0 Å². The first-order valence-corrected chi connectivity index (χ1v) is 12.1. The highest BCUT2D eigenvalue weighted by Crippen LogP contribution is 2.15. The number of sulfone groups is 1. The summed E-state index contributed by atoms with van der Waals surface area (Å²) in [5.74, 6) is 1.55. The number of ether oxygens (including phenoxy) is 2. The van der Waals surface area contributed by atoms with Gasteiger partial charge in [0.05, 0.1) is 24.7 Å². The summed E-state index contributed by atoms with van der Waals surface area (Å²) in [7, 11) is -0.390. The largest absolute Gasteiger partial charge is 0.497 e. The highest BCUT2D eigenvalue weighted by atomic mass is 32.2. The van der Waals surface area contributed by atoms with E-state index in [1.54, 1.807) is 50.6 Å². The van der Waals surface area contributed by atoms with Crippen LogP contribution in [0.4, 0.5) is 5.69 Å². The van der Waals surface area contributed by atoms with Crippen molar-refractivity contribution in [2.75, 3.05) is 25.4 Å². The normalized spacial score (nSPS) is 11.5. The van der Waals surface area contributed by atoms with Crippen molar-refractivity contribution >= 4 is 38.7 Å². The Morgan fingerprint density at radius 3 is 1.97 bits per heavy atom. The van der Waals surface area contributed by atoms with Crippen molar-refractivity contribution in [1.29, 1.82) is 0 Å². The van der Waals surface area contributed by atoms with Crippen LogP contribution in [-0.4, -0.2) is 39.5 Å². The van der Waals surface area contributed by atoms with E-state index in [4.69, 9.17) is 21.7 Å². The molecule has 0 aliphatic rings. The van der Waals surface area contributed by atoms with Crippen LogP contribution in [0.2, 0.25) is 0 Å². The van der Waals surface area contributed by atoms with E-state index in [0.29, 0.717) is 22.3 Å². The number of rotatable bonds is 7. The molecule has 0 unspecified atom stereocenters. The second-order valence-corrected chi connectivity index (χ2v) is 9.56. The van der Waals surface area contributed by atoms with Crippen molar-refractivity contribution in [3.63, 3.8) is 0 Å². The van der Waals surface area contributed by atoms with Crippen molar-refractivity contribution < 1.29 is 22.9 Å². The molecule has 3 N–H and O–H groups in total. The third-order valence-corrected chi connectivity index (χ3v) is 6.50. The first-order valence-electron chi connectivity index (χ1n) is 10.1. The van der Waals surface area contributed by atoms with E-state index < -0.39 is 9.84 Å². The van der Waals surface area contributed by atoms with Crippen molar-refractivity contribution in [3.8, 4) is 11.5 Å². The predicted molar refractivity (Wildman–Crippen MR) is 134 cm³/mol. The van der Waals surface area contributed by atoms with Gasteiger partial charge >= 0.3 is 0 Å². The number of aryl methyl sites for hydroxylation is 1. The molecule has 3 aromatic carbocycles.